The normalized spacial score (nSPS) is 11.5. The van der Waals surface area contributed by atoms with Crippen LogP contribution in [0.3, 0.4) is 0 Å². The summed E-state index contributed by atoms with van der Waals surface area (Å²) in [5.74, 6) is 0. The number of hydrogen-bond acceptors (Lipinski definition) is 1. The van der Waals surface area contributed by atoms with Crippen LogP contribution in [-0.2, 0) is 0 Å². The van der Waals surface area contributed by atoms with Gasteiger partial charge in [0.2, 0.25) is 0 Å². The minimum Gasteiger partial charge on any atom is -0.257 e. The first-order chi connectivity index (χ1) is 10.9. The standard InChI is InChI=1S/C21H15N/c1-2-7-18-15-21-16(11-12-20-10-3-4-13-22-20)8-5-9-19(21)14-17(18)6-1/h1-15H/b12-11+. The summed E-state index contributed by atoms with van der Waals surface area (Å²) >= 11 is 0. The van der Waals surface area contributed by atoms with E-state index in [2.05, 4.69) is 71.7 Å². The van der Waals surface area contributed by atoms with Gasteiger partial charge < -0.3 is 0 Å². The number of benzene rings is 3. The molecule has 1 heterocycles. The van der Waals surface area contributed by atoms with E-state index in [1.807, 2.05) is 24.4 Å². The van der Waals surface area contributed by atoms with Crippen molar-refractivity contribution in [1.82, 2.24) is 4.98 Å². The molecule has 4 rings (SSSR count). The third kappa shape index (κ3) is 2.38. The van der Waals surface area contributed by atoms with Gasteiger partial charge in [-0.1, -0.05) is 54.6 Å². The Balaban J connectivity index is 1.87. The third-order valence-corrected chi connectivity index (χ3v) is 3.90. The SMILES string of the molecule is C(=C\c1cccc2cc3ccccc3cc12)/c1ccccn1. The van der Waals surface area contributed by atoms with Crippen LogP contribution in [0, 0.1) is 0 Å². The third-order valence-electron chi connectivity index (χ3n) is 3.90. The predicted octanol–water partition coefficient (Wildman–Crippen LogP) is 5.56. The van der Waals surface area contributed by atoms with Crippen LogP contribution in [-0.4, -0.2) is 4.98 Å². The Morgan fingerprint density at radius 1 is 0.636 bits per heavy atom. The highest BCUT2D eigenvalue weighted by Crippen LogP contribution is 2.26. The molecule has 0 amide bonds. The van der Waals surface area contributed by atoms with Crippen molar-refractivity contribution in [3.05, 3.63) is 90.3 Å². The molecule has 0 aliphatic carbocycles. The van der Waals surface area contributed by atoms with Gasteiger partial charge in [-0.25, -0.2) is 0 Å². The lowest BCUT2D eigenvalue weighted by Crippen LogP contribution is -1.81. The van der Waals surface area contributed by atoms with Gasteiger partial charge in [0, 0.05) is 6.20 Å². The van der Waals surface area contributed by atoms with Gasteiger partial charge in [-0.3, -0.25) is 4.98 Å². The number of nitrogens with zero attached hydrogens (tertiary/aromatic N) is 1. The molecule has 0 N–H and O–H groups in total. The van der Waals surface area contributed by atoms with Crippen LogP contribution >= 0.6 is 0 Å². The first-order valence-corrected chi connectivity index (χ1v) is 7.41. The van der Waals surface area contributed by atoms with Crippen LogP contribution < -0.4 is 0 Å². The van der Waals surface area contributed by atoms with Crippen molar-refractivity contribution in [2.45, 2.75) is 0 Å². The fraction of sp³-hybridized carbons (Fsp3) is 0. The molecule has 0 radical (unpaired) electrons. The van der Waals surface area contributed by atoms with E-state index in [1.165, 1.54) is 27.1 Å². The molecule has 104 valence electrons. The number of hydrogen-bond donors (Lipinski definition) is 0. The number of rotatable bonds is 2. The molecule has 0 unspecified atom stereocenters. The van der Waals surface area contributed by atoms with Crippen LogP contribution in [0.25, 0.3) is 33.7 Å². The Kier molecular flexibility index (Phi) is 3.17. The smallest absolute Gasteiger partial charge is 0.0629 e. The molecule has 1 nitrogen and oxygen atoms in total. The second kappa shape index (κ2) is 5.45. The maximum atomic E-state index is 4.34. The fourth-order valence-electron chi connectivity index (χ4n) is 2.79. The minimum absolute atomic E-state index is 0.972. The highest BCUT2D eigenvalue weighted by Gasteiger charge is 2.01. The zero-order valence-electron chi connectivity index (χ0n) is 12.1. The zero-order valence-corrected chi connectivity index (χ0v) is 12.1. The highest BCUT2D eigenvalue weighted by molar-refractivity contribution is 6.02. The Morgan fingerprint density at radius 2 is 1.41 bits per heavy atom. The van der Waals surface area contributed by atoms with Gasteiger partial charge in [0.15, 0.2) is 0 Å². The lowest BCUT2D eigenvalue weighted by atomic mass is 9.99. The summed E-state index contributed by atoms with van der Waals surface area (Å²) in [5, 5.41) is 5.09. The molecule has 0 spiro atoms. The van der Waals surface area contributed by atoms with Crippen LogP contribution in [0.5, 0.6) is 0 Å². The van der Waals surface area contributed by atoms with Crippen LogP contribution in [0.2, 0.25) is 0 Å². The first kappa shape index (κ1) is 12.8. The van der Waals surface area contributed by atoms with Crippen molar-refractivity contribution >= 4 is 33.7 Å². The molecule has 0 bridgehead atoms. The first-order valence-electron chi connectivity index (χ1n) is 7.41. The molecule has 0 aliphatic rings. The molecule has 0 saturated heterocycles. The Bertz CT molecular complexity index is 969. The molecule has 1 heteroatoms. The summed E-state index contributed by atoms with van der Waals surface area (Å²) in [6.45, 7) is 0. The minimum atomic E-state index is 0.972. The van der Waals surface area contributed by atoms with E-state index in [-0.39, 0.29) is 0 Å². The summed E-state index contributed by atoms with van der Waals surface area (Å²) in [7, 11) is 0. The van der Waals surface area contributed by atoms with Crippen molar-refractivity contribution in [1.29, 1.82) is 0 Å². The average Bonchev–Trinajstić information content (AvgIpc) is 2.59. The van der Waals surface area contributed by atoms with Gasteiger partial charge in [-0.2, -0.15) is 0 Å². The van der Waals surface area contributed by atoms with E-state index in [0.717, 1.165) is 5.69 Å². The number of pyridine rings is 1. The Labute approximate surface area is 129 Å². The summed E-state index contributed by atoms with van der Waals surface area (Å²) in [4.78, 5) is 4.34. The van der Waals surface area contributed by atoms with Crippen molar-refractivity contribution in [3.8, 4) is 0 Å². The van der Waals surface area contributed by atoms with E-state index < -0.39 is 0 Å². The molecule has 1 aromatic heterocycles. The maximum Gasteiger partial charge on any atom is 0.0629 e. The molecular weight excluding hydrogens is 266 g/mol. The molecule has 4 aromatic rings. The van der Waals surface area contributed by atoms with Crippen LogP contribution in [0.15, 0.2) is 79.0 Å². The molecular formula is C21H15N. The number of aromatic nitrogens is 1. The van der Waals surface area contributed by atoms with Gasteiger partial charge in [-0.05, 0) is 57.4 Å². The lowest BCUT2D eigenvalue weighted by molar-refractivity contribution is 1.30. The largest absolute Gasteiger partial charge is 0.257 e. The van der Waals surface area contributed by atoms with E-state index >= 15 is 0 Å². The van der Waals surface area contributed by atoms with Crippen molar-refractivity contribution < 1.29 is 0 Å². The molecule has 3 aromatic carbocycles. The topological polar surface area (TPSA) is 12.9 Å². The van der Waals surface area contributed by atoms with Gasteiger partial charge >= 0.3 is 0 Å². The van der Waals surface area contributed by atoms with E-state index in [0.29, 0.717) is 0 Å². The van der Waals surface area contributed by atoms with Crippen molar-refractivity contribution in [2.24, 2.45) is 0 Å². The van der Waals surface area contributed by atoms with E-state index in [1.54, 1.807) is 0 Å². The monoisotopic (exact) mass is 281 g/mol. The van der Waals surface area contributed by atoms with Crippen molar-refractivity contribution in [2.75, 3.05) is 0 Å². The zero-order chi connectivity index (χ0) is 14.8. The number of fused-ring (bicyclic) bond motifs is 2. The second-order valence-corrected chi connectivity index (χ2v) is 5.36. The van der Waals surface area contributed by atoms with Crippen LogP contribution in [0.1, 0.15) is 11.3 Å². The van der Waals surface area contributed by atoms with E-state index in [9.17, 15) is 0 Å². The van der Waals surface area contributed by atoms with Gasteiger partial charge in [0.25, 0.3) is 0 Å². The summed E-state index contributed by atoms with van der Waals surface area (Å²) < 4.78 is 0. The summed E-state index contributed by atoms with van der Waals surface area (Å²) in [5.41, 5.74) is 2.19. The Morgan fingerprint density at radius 3 is 2.23 bits per heavy atom. The second-order valence-electron chi connectivity index (χ2n) is 5.36. The highest BCUT2D eigenvalue weighted by atomic mass is 14.6. The summed E-state index contributed by atoms with van der Waals surface area (Å²) in [6.07, 6.45) is 6.01. The molecule has 22 heavy (non-hydrogen) atoms. The predicted molar refractivity (Wildman–Crippen MR) is 94.6 cm³/mol. The van der Waals surface area contributed by atoms with Crippen molar-refractivity contribution in [3.63, 3.8) is 0 Å². The fourth-order valence-corrected chi connectivity index (χ4v) is 2.79. The average molecular weight is 281 g/mol. The summed E-state index contributed by atoms with van der Waals surface area (Å²) in [6, 6.07) is 25.4. The lowest BCUT2D eigenvalue weighted by Gasteiger charge is -2.05. The molecule has 0 fully saturated rings. The Hall–Kier alpha value is -2.93. The maximum absolute atomic E-state index is 4.34. The molecule has 0 saturated carbocycles. The van der Waals surface area contributed by atoms with Crippen LogP contribution in [0.4, 0.5) is 0 Å². The molecule has 0 atom stereocenters. The van der Waals surface area contributed by atoms with Gasteiger partial charge in [-0.15, -0.1) is 0 Å². The van der Waals surface area contributed by atoms with Gasteiger partial charge in [0.1, 0.15) is 0 Å². The van der Waals surface area contributed by atoms with Gasteiger partial charge in [0.05, 0.1) is 5.69 Å². The molecule has 0 aliphatic heterocycles. The van der Waals surface area contributed by atoms with E-state index in [4.69, 9.17) is 0 Å². The quantitative estimate of drug-likeness (QED) is 0.438.